The number of nitrogens with two attached hydrogens (primary N) is 1. The van der Waals surface area contributed by atoms with Crippen molar-refractivity contribution in [1.29, 1.82) is 0 Å². The van der Waals surface area contributed by atoms with Gasteiger partial charge in [-0.25, -0.2) is 0 Å². The number of rotatable bonds is 6. The van der Waals surface area contributed by atoms with Crippen molar-refractivity contribution in [3.8, 4) is 0 Å². The highest BCUT2D eigenvalue weighted by Crippen LogP contribution is 2.30. The highest BCUT2D eigenvalue weighted by molar-refractivity contribution is 5.78. The number of carbonyl (C=O) groups excluding carboxylic acids is 1. The van der Waals surface area contributed by atoms with Gasteiger partial charge in [-0.15, -0.1) is 0 Å². The van der Waals surface area contributed by atoms with Crippen molar-refractivity contribution in [2.45, 2.75) is 25.9 Å². The lowest BCUT2D eigenvalue weighted by molar-refractivity contribution is -0.137. The summed E-state index contributed by atoms with van der Waals surface area (Å²) < 4.78 is 38.2. The van der Waals surface area contributed by atoms with Gasteiger partial charge >= 0.3 is 6.18 Å². The molecule has 1 atom stereocenters. The summed E-state index contributed by atoms with van der Waals surface area (Å²) in [5, 5.41) is 2.82. The summed E-state index contributed by atoms with van der Waals surface area (Å²) in [4.78, 5) is 12.1. The molecule has 0 fully saturated rings. The van der Waals surface area contributed by atoms with E-state index in [0.717, 1.165) is 17.7 Å². The van der Waals surface area contributed by atoms with Gasteiger partial charge in [-0.05, 0) is 42.2 Å². The van der Waals surface area contributed by atoms with Crippen LogP contribution in [0.15, 0.2) is 48.5 Å². The van der Waals surface area contributed by atoms with Crippen LogP contribution in [-0.2, 0) is 23.8 Å². The van der Waals surface area contributed by atoms with E-state index in [1.54, 1.807) is 25.1 Å². The van der Waals surface area contributed by atoms with Gasteiger partial charge in [-0.1, -0.05) is 37.3 Å². The summed E-state index contributed by atoms with van der Waals surface area (Å²) in [6, 6.07) is 12.5. The van der Waals surface area contributed by atoms with Crippen molar-refractivity contribution < 1.29 is 18.0 Å². The maximum atomic E-state index is 12.7. The SMILES string of the molecule is CC(Cc1cccc(C(F)(F)F)c1)C(=O)NCCc1ccc(N)cc1. The number of nitrogens with one attached hydrogen (secondary N) is 1. The Labute approximate surface area is 145 Å². The van der Waals surface area contributed by atoms with E-state index in [-0.39, 0.29) is 12.3 Å². The van der Waals surface area contributed by atoms with Gasteiger partial charge in [-0.2, -0.15) is 13.2 Å². The molecule has 134 valence electrons. The average molecular weight is 350 g/mol. The standard InChI is InChI=1S/C19H21F3N2O/c1-13(11-15-3-2-4-16(12-15)19(20,21)22)18(25)24-10-9-14-5-7-17(23)8-6-14/h2-8,12-13H,9-11,23H2,1H3,(H,24,25). The molecule has 2 aromatic carbocycles. The molecule has 25 heavy (non-hydrogen) atoms. The van der Waals surface area contributed by atoms with Gasteiger partial charge in [0.1, 0.15) is 0 Å². The van der Waals surface area contributed by atoms with Crippen LogP contribution < -0.4 is 11.1 Å². The van der Waals surface area contributed by atoms with Crippen LogP contribution in [0.25, 0.3) is 0 Å². The van der Waals surface area contributed by atoms with Crippen LogP contribution in [0.3, 0.4) is 0 Å². The Balaban J connectivity index is 1.85. The molecule has 0 aliphatic heterocycles. The zero-order chi connectivity index (χ0) is 18.4. The van der Waals surface area contributed by atoms with Crippen LogP contribution in [0.4, 0.5) is 18.9 Å². The third-order valence-corrected chi connectivity index (χ3v) is 3.94. The van der Waals surface area contributed by atoms with Crippen LogP contribution >= 0.6 is 0 Å². The summed E-state index contributed by atoms with van der Waals surface area (Å²) in [6.07, 6.45) is -3.44. The van der Waals surface area contributed by atoms with Crippen molar-refractivity contribution >= 4 is 11.6 Å². The van der Waals surface area contributed by atoms with Gasteiger partial charge in [0, 0.05) is 18.2 Å². The van der Waals surface area contributed by atoms with Gasteiger partial charge in [0.2, 0.25) is 5.91 Å². The first-order chi connectivity index (χ1) is 11.8. The van der Waals surface area contributed by atoms with Crippen molar-refractivity contribution in [2.24, 2.45) is 5.92 Å². The molecule has 0 aromatic heterocycles. The van der Waals surface area contributed by atoms with Crippen LogP contribution in [0.1, 0.15) is 23.6 Å². The first kappa shape index (κ1) is 18.8. The predicted octanol–water partition coefficient (Wildman–Crippen LogP) is 3.83. The second-order valence-corrected chi connectivity index (χ2v) is 6.09. The van der Waals surface area contributed by atoms with E-state index in [0.29, 0.717) is 24.2 Å². The molecule has 6 heteroatoms. The minimum absolute atomic E-state index is 0.173. The average Bonchev–Trinajstić information content (AvgIpc) is 2.56. The summed E-state index contributed by atoms with van der Waals surface area (Å²) in [5.74, 6) is -0.581. The smallest absolute Gasteiger partial charge is 0.399 e. The number of carbonyl (C=O) groups is 1. The van der Waals surface area contributed by atoms with Gasteiger partial charge in [0.25, 0.3) is 0 Å². The lowest BCUT2D eigenvalue weighted by Crippen LogP contribution is -2.31. The fourth-order valence-corrected chi connectivity index (χ4v) is 2.51. The van der Waals surface area contributed by atoms with E-state index in [1.165, 1.54) is 6.07 Å². The van der Waals surface area contributed by atoms with E-state index in [9.17, 15) is 18.0 Å². The Morgan fingerprint density at radius 3 is 2.44 bits per heavy atom. The lowest BCUT2D eigenvalue weighted by Gasteiger charge is -2.14. The molecule has 0 saturated heterocycles. The second kappa shape index (κ2) is 8.05. The molecule has 0 radical (unpaired) electrons. The van der Waals surface area contributed by atoms with Crippen LogP contribution in [0, 0.1) is 5.92 Å². The van der Waals surface area contributed by atoms with E-state index < -0.39 is 17.7 Å². The van der Waals surface area contributed by atoms with Crippen LogP contribution in [-0.4, -0.2) is 12.5 Å². The summed E-state index contributed by atoms with van der Waals surface area (Å²) in [7, 11) is 0. The number of nitrogen functional groups attached to an aromatic ring is 1. The van der Waals surface area contributed by atoms with Crippen LogP contribution in [0.5, 0.6) is 0 Å². The third kappa shape index (κ3) is 5.81. The van der Waals surface area contributed by atoms with Gasteiger partial charge in [-0.3, -0.25) is 4.79 Å². The third-order valence-electron chi connectivity index (χ3n) is 3.94. The quantitative estimate of drug-likeness (QED) is 0.778. The maximum Gasteiger partial charge on any atom is 0.416 e. The number of alkyl halides is 3. The minimum Gasteiger partial charge on any atom is -0.399 e. The molecule has 3 nitrogen and oxygen atoms in total. The number of benzene rings is 2. The first-order valence-corrected chi connectivity index (χ1v) is 8.04. The van der Waals surface area contributed by atoms with Gasteiger partial charge < -0.3 is 11.1 Å². The zero-order valence-electron chi connectivity index (χ0n) is 13.9. The molecular formula is C19H21F3N2O. The monoisotopic (exact) mass is 350 g/mol. The molecule has 2 rings (SSSR count). The molecule has 1 unspecified atom stereocenters. The highest BCUT2D eigenvalue weighted by atomic mass is 19.4. The lowest BCUT2D eigenvalue weighted by atomic mass is 9.98. The molecule has 0 bridgehead atoms. The largest absolute Gasteiger partial charge is 0.416 e. The Kier molecular flexibility index (Phi) is 6.07. The number of hydrogen-bond donors (Lipinski definition) is 2. The molecule has 0 spiro atoms. The normalized spacial score (nSPS) is 12.6. The van der Waals surface area contributed by atoms with Gasteiger partial charge in [0.05, 0.1) is 5.56 Å². The molecule has 1 amide bonds. The maximum absolute atomic E-state index is 12.7. The Bertz CT molecular complexity index is 711. The molecule has 0 aliphatic carbocycles. The van der Waals surface area contributed by atoms with Crippen molar-refractivity contribution in [3.05, 3.63) is 65.2 Å². The molecule has 2 aromatic rings. The van der Waals surface area contributed by atoms with Crippen molar-refractivity contribution in [3.63, 3.8) is 0 Å². The number of amides is 1. The minimum atomic E-state index is -4.37. The molecule has 0 heterocycles. The topological polar surface area (TPSA) is 55.1 Å². The number of anilines is 1. The molecule has 0 saturated carbocycles. The summed E-state index contributed by atoms with van der Waals surface area (Å²) in [6.45, 7) is 2.18. The van der Waals surface area contributed by atoms with Crippen molar-refractivity contribution in [1.82, 2.24) is 5.32 Å². The van der Waals surface area contributed by atoms with E-state index in [2.05, 4.69) is 5.32 Å². The number of hydrogen-bond acceptors (Lipinski definition) is 2. The summed E-state index contributed by atoms with van der Waals surface area (Å²) >= 11 is 0. The predicted molar refractivity (Wildman–Crippen MR) is 91.9 cm³/mol. The number of halogens is 3. The zero-order valence-corrected chi connectivity index (χ0v) is 13.9. The molecular weight excluding hydrogens is 329 g/mol. The van der Waals surface area contributed by atoms with Gasteiger partial charge in [0.15, 0.2) is 0 Å². The fraction of sp³-hybridized carbons (Fsp3) is 0.316. The molecule has 3 N–H and O–H groups in total. The van der Waals surface area contributed by atoms with E-state index in [4.69, 9.17) is 5.73 Å². The van der Waals surface area contributed by atoms with Crippen molar-refractivity contribution in [2.75, 3.05) is 12.3 Å². The molecule has 0 aliphatic rings. The first-order valence-electron chi connectivity index (χ1n) is 8.04. The van der Waals surface area contributed by atoms with E-state index in [1.807, 2.05) is 12.1 Å². The Morgan fingerprint density at radius 1 is 1.12 bits per heavy atom. The Hall–Kier alpha value is -2.50. The highest BCUT2D eigenvalue weighted by Gasteiger charge is 2.30. The Morgan fingerprint density at radius 2 is 1.80 bits per heavy atom. The van der Waals surface area contributed by atoms with E-state index >= 15 is 0 Å². The fourth-order valence-electron chi connectivity index (χ4n) is 2.51. The summed E-state index contributed by atoms with van der Waals surface area (Å²) in [5.41, 5.74) is 7.16. The van der Waals surface area contributed by atoms with Crippen LogP contribution in [0.2, 0.25) is 0 Å². The second-order valence-electron chi connectivity index (χ2n) is 6.09.